The molecular weight excluding hydrogens is 236 g/mol. The van der Waals surface area contributed by atoms with Gasteiger partial charge < -0.3 is 5.73 Å². The molecule has 0 heterocycles. The lowest BCUT2D eigenvalue weighted by molar-refractivity contribution is 0.452. The van der Waals surface area contributed by atoms with Crippen LogP contribution in [-0.4, -0.2) is 26.8 Å². The molecule has 92 valence electrons. The van der Waals surface area contributed by atoms with Crippen molar-refractivity contribution in [3.05, 3.63) is 0 Å². The van der Waals surface area contributed by atoms with Crippen LogP contribution in [-0.2, 0) is 10.0 Å². The molecule has 1 aliphatic rings. The molecule has 1 rings (SSSR count). The normalized spacial score (nSPS) is 26.3. The van der Waals surface area contributed by atoms with Crippen LogP contribution in [0.5, 0.6) is 0 Å². The predicted octanol–water partition coefficient (Wildman–Crippen LogP) is 0.865. The molecule has 0 amide bonds. The number of halogens is 1. The Morgan fingerprint density at radius 3 is 2.60 bits per heavy atom. The minimum atomic E-state index is -3.06. The van der Waals surface area contributed by atoms with Gasteiger partial charge in [0.2, 0.25) is 10.0 Å². The fourth-order valence-corrected chi connectivity index (χ4v) is 3.46. The molecule has 0 aliphatic heterocycles. The molecule has 3 N–H and O–H groups in total. The first-order valence-corrected chi connectivity index (χ1v) is 6.94. The van der Waals surface area contributed by atoms with Crippen LogP contribution in [0.1, 0.15) is 32.6 Å². The summed E-state index contributed by atoms with van der Waals surface area (Å²) < 4.78 is 25.7. The number of sulfonamides is 1. The van der Waals surface area contributed by atoms with Gasteiger partial charge in [0.1, 0.15) is 0 Å². The molecular formula is C9H21ClN2O2S. The summed E-state index contributed by atoms with van der Waals surface area (Å²) in [5.74, 6) is 0.558. The van der Waals surface area contributed by atoms with Crippen molar-refractivity contribution in [2.24, 2.45) is 11.7 Å². The third-order valence-corrected chi connectivity index (χ3v) is 4.37. The summed E-state index contributed by atoms with van der Waals surface area (Å²) in [7, 11) is -3.06. The van der Waals surface area contributed by atoms with Gasteiger partial charge in [-0.1, -0.05) is 13.3 Å². The molecule has 1 saturated carbocycles. The van der Waals surface area contributed by atoms with Crippen LogP contribution in [0.25, 0.3) is 0 Å². The maximum absolute atomic E-state index is 11.5. The van der Waals surface area contributed by atoms with Crippen molar-refractivity contribution in [2.75, 3.05) is 12.3 Å². The van der Waals surface area contributed by atoms with Gasteiger partial charge in [-0.3, -0.25) is 0 Å². The zero-order valence-electron chi connectivity index (χ0n) is 9.11. The standard InChI is InChI=1S/C9H20N2O2S.ClH/c1-2-6-14(12,13)11-9-5-3-4-8(9)7-10;/h8-9,11H,2-7,10H2,1H3;1H. The molecule has 0 radical (unpaired) electrons. The van der Waals surface area contributed by atoms with E-state index in [0.717, 1.165) is 19.3 Å². The fraction of sp³-hybridized carbons (Fsp3) is 1.00. The van der Waals surface area contributed by atoms with E-state index in [2.05, 4.69) is 4.72 Å². The van der Waals surface area contributed by atoms with Gasteiger partial charge in [-0.2, -0.15) is 0 Å². The van der Waals surface area contributed by atoms with Crippen molar-refractivity contribution in [2.45, 2.75) is 38.6 Å². The monoisotopic (exact) mass is 256 g/mol. The first-order valence-electron chi connectivity index (χ1n) is 5.29. The molecule has 0 saturated heterocycles. The molecule has 0 aromatic carbocycles. The second kappa shape index (κ2) is 6.68. The average Bonchev–Trinajstić information content (AvgIpc) is 2.50. The number of hydrogen-bond donors (Lipinski definition) is 2. The topological polar surface area (TPSA) is 72.2 Å². The van der Waals surface area contributed by atoms with Crippen LogP contribution in [0, 0.1) is 5.92 Å². The van der Waals surface area contributed by atoms with Gasteiger partial charge in [-0.05, 0) is 31.7 Å². The maximum Gasteiger partial charge on any atom is 0.211 e. The van der Waals surface area contributed by atoms with Gasteiger partial charge >= 0.3 is 0 Å². The summed E-state index contributed by atoms with van der Waals surface area (Å²) in [6, 6.07) is 0.0801. The molecule has 15 heavy (non-hydrogen) atoms. The van der Waals surface area contributed by atoms with E-state index in [4.69, 9.17) is 5.73 Å². The van der Waals surface area contributed by atoms with E-state index in [-0.39, 0.29) is 24.2 Å². The predicted molar refractivity (Wildman–Crippen MR) is 64.6 cm³/mol. The van der Waals surface area contributed by atoms with Gasteiger partial charge in [-0.25, -0.2) is 13.1 Å². The summed E-state index contributed by atoms with van der Waals surface area (Å²) in [5.41, 5.74) is 5.58. The Balaban J connectivity index is 0.00000196. The summed E-state index contributed by atoms with van der Waals surface area (Å²) in [4.78, 5) is 0. The molecule has 2 atom stereocenters. The lowest BCUT2D eigenvalue weighted by atomic mass is 10.1. The molecule has 4 nitrogen and oxygen atoms in total. The third kappa shape index (κ3) is 4.68. The SMILES string of the molecule is CCCS(=O)(=O)NC1CCCC1CN.Cl. The van der Waals surface area contributed by atoms with Crippen molar-refractivity contribution < 1.29 is 8.42 Å². The molecule has 2 unspecified atom stereocenters. The molecule has 0 aromatic heterocycles. The first kappa shape index (κ1) is 15.2. The Morgan fingerprint density at radius 2 is 2.07 bits per heavy atom. The van der Waals surface area contributed by atoms with Gasteiger partial charge in [0, 0.05) is 6.04 Å². The zero-order valence-corrected chi connectivity index (χ0v) is 10.7. The number of nitrogens with one attached hydrogen (secondary N) is 1. The van der Waals surface area contributed by atoms with Gasteiger partial charge in [0.15, 0.2) is 0 Å². The lowest BCUT2D eigenvalue weighted by Crippen LogP contribution is -2.40. The van der Waals surface area contributed by atoms with Crippen molar-refractivity contribution >= 4 is 22.4 Å². The highest BCUT2D eigenvalue weighted by molar-refractivity contribution is 7.89. The highest BCUT2D eigenvalue weighted by Gasteiger charge is 2.29. The van der Waals surface area contributed by atoms with Crippen LogP contribution in [0.2, 0.25) is 0 Å². The van der Waals surface area contributed by atoms with E-state index in [0.29, 0.717) is 18.9 Å². The van der Waals surface area contributed by atoms with E-state index >= 15 is 0 Å². The van der Waals surface area contributed by atoms with Crippen LogP contribution in [0.4, 0.5) is 0 Å². The Labute approximate surface area is 98.5 Å². The van der Waals surface area contributed by atoms with Crippen molar-refractivity contribution in [3.63, 3.8) is 0 Å². The van der Waals surface area contributed by atoms with Crippen LogP contribution in [0.15, 0.2) is 0 Å². The van der Waals surface area contributed by atoms with Crippen molar-refractivity contribution in [3.8, 4) is 0 Å². The molecule has 1 fully saturated rings. The summed E-state index contributed by atoms with van der Waals surface area (Å²) >= 11 is 0. The van der Waals surface area contributed by atoms with E-state index in [1.807, 2.05) is 6.92 Å². The molecule has 0 bridgehead atoms. The fourth-order valence-electron chi connectivity index (χ4n) is 2.03. The molecule has 1 aliphatic carbocycles. The van der Waals surface area contributed by atoms with Crippen molar-refractivity contribution in [1.29, 1.82) is 0 Å². The third-order valence-electron chi connectivity index (χ3n) is 2.77. The van der Waals surface area contributed by atoms with Crippen LogP contribution < -0.4 is 10.5 Å². The minimum Gasteiger partial charge on any atom is -0.330 e. The highest BCUT2D eigenvalue weighted by Crippen LogP contribution is 2.25. The van der Waals surface area contributed by atoms with E-state index in [1.54, 1.807) is 0 Å². The zero-order chi connectivity index (χ0) is 10.6. The molecule has 0 aromatic rings. The smallest absolute Gasteiger partial charge is 0.211 e. The lowest BCUT2D eigenvalue weighted by Gasteiger charge is -2.19. The number of nitrogens with two attached hydrogens (primary N) is 1. The molecule has 0 spiro atoms. The van der Waals surface area contributed by atoms with E-state index in [9.17, 15) is 8.42 Å². The minimum absolute atomic E-state index is 0. The van der Waals surface area contributed by atoms with E-state index in [1.165, 1.54) is 0 Å². The Morgan fingerprint density at radius 1 is 1.40 bits per heavy atom. The van der Waals surface area contributed by atoms with Gasteiger partial charge in [-0.15, -0.1) is 12.4 Å². The Hall–Kier alpha value is 0.160. The highest BCUT2D eigenvalue weighted by atomic mass is 35.5. The maximum atomic E-state index is 11.5. The second-order valence-electron chi connectivity index (χ2n) is 3.97. The largest absolute Gasteiger partial charge is 0.330 e. The summed E-state index contributed by atoms with van der Waals surface area (Å²) in [5, 5.41) is 0. The van der Waals surface area contributed by atoms with Gasteiger partial charge in [0.25, 0.3) is 0 Å². The van der Waals surface area contributed by atoms with Crippen molar-refractivity contribution in [1.82, 2.24) is 4.72 Å². The Bertz CT molecular complexity index is 269. The molecule has 6 heteroatoms. The quantitative estimate of drug-likeness (QED) is 0.767. The summed E-state index contributed by atoms with van der Waals surface area (Å²) in [6.07, 6.45) is 3.73. The summed E-state index contributed by atoms with van der Waals surface area (Å²) in [6.45, 7) is 2.45. The second-order valence-corrected chi connectivity index (χ2v) is 5.84. The number of rotatable bonds is 5. The number of hydrogen-bond acceptors (Lipinski definition) is 3. The van der Waals surface area contributed by atoms with Gasteiger partial charge in [0.05, 0.1) is 5.75 Å². The van der Waals surface area contributed by atoms with E-state index < -0.39 is 10.0 Å². The van der Waals surface area contributed by atoms with Crippen LogP contribution in [0.3, 0.4) is 0 Å². The van der Waals surface area contributed by atoms with Crippen LogP contribution >= 0.6 is 12.4 Å². The average molecular weight is 257 g/mol. The Kier molecular flexibility index (Phi) is 6.75. The first-order chi connectivity index (χ1) is 6.59.